The molecule has 2 N–H and O–H groups in total. The smallest absolute Gasteiger partial charge is 0.221 e. The Kier molecular flexibility index (Phi) is 4.96. The minimum absolute atomic E-state index is 0.0734. The molecule has 5 heteroatoms. The van der Waals surface area contributed by atoms with Crippen LogP contribution in [0.3, 0.4) is 0 Å². The van der Waals surface area contributed by atoms with E-state index in [-0.39, 0.29) is 11.9 Å². The monoisotopic (exact) mass is 347 g/mol. The van der Waals surface area contributed by atoms with Crippen molar-refractivity contribution < 1.29 is 4.79 Å². The number of halogens is 1. The number of aromatic nitrogens is 1. The van der Waals surface area contributed by atoms with Crippen LogP contribution in [0.15, 0.2) is 41.0 Å². The number of hydrogen-bond donors (Lipinski definition) is 2. The number of rotatable bonds is 4. The summed E-state index contributed by atoms with van der Waals surface area (Å²) in [4.78, 5) is 15.5. The maximum atomic E-state index is 11.1. The zero-order valence-corrected chi connectivity index (χ0v) is 13.9. The lowest BCUT2D eigenvalue weighted by Gasteiger charge is -2.17. The molecule has 1 aromatic carbocycles. The first kappa shape index (κ1) is 15.5. The van der Waals surface area contributed by atoms with Crippen LogP contribution in [0.25, 0.3) is 0 Å². The molecule has 4 nitrogen and oxygen atoms in total. The number of nitrogens with zero attached hydrogens (tertiary/aromatic N) is 1. The average molecular weight is 348 g/mol. The van der Waals surface area contributed by atoms with E-state index in [0.717, 1.165) is 27.1 Å². The molecule has 0 saturated carbocycles. The van der Waals surface area contributed by atoms with Gasteiger partial charge in [-0.2, -0.15) is 0 Å². The molecule has 0 spiro atoms. The molecule has 0 radical (unpaired) electrons. The van der Waals surface area contributed by atoms with Crippen LogP contribution in [-0.4, -0.2) is 10.9 Å². The molecule has 0 saturated heterocycles. The van der Waals surface area contributed by atoms with Crippen LogP contribution in [0.1, 0.15) is 31.0 Å². The Balaban J connectivity index is 2.16. The van der Waals surface area contributed by atoms with Gasteiger partial charge in [-0.05, 0) is 59.1 Å². The van der Waals surface area contributed by atoms with Crippen LogP contribution in [0.2, 0.25) is 0 Å². The number of anilines is 2. The molecule has 21 heavy (non-hydrogen) atoms. The summed E-state index contributed by atoms with van der Waals surface area (Å²) >= 11 is 3.51. The molecule has 1 aromatic heterocycles. The minimum atomic E-state index is -0.0734. The third-order valence-electron chi connectivity index (χ3n) is 3.04. The maximum absolute atomic E-state index is 11.1. The first-order chi connectivity index (χ1) is 9.95. The van der Waals surface area contributed by atoms with E-state index >= 15 is 0 Å². The number of nitrogens with one attached hydrogen (secondary N) is 2. The zero-order valence-electron chi connectivity index (χ0n) is 12.3. The molecule has 2 aromatic rings. The molecule has 1 heterocycles. The number of carbonyl (C=O) groups excluding carboxylic acids is 1. The number of amides is 1. The molecule has 0 fully saturated rings. The van der Waals surface area contributed by atoms with Gasteiger partial charge < -0.3 is 10.6 Å². The van der Waals surface area contributed by atoms with Gasteiger partial charge in [-0.15, -0.1) is 0 Å². The summed E-state index contributed by atoms with van der Waals surface area (Å²) in [6, 6.07) is 9.88. The molecule has 1 amide bonds. The summed E-state index contributed by atoms with van der Waals surface area (Å²) in [7, 11) is 0. The fourth-order valence-corrected chi connectivity index (χ4v) is 2.60. The van der Waals surface area contributed by atoms with Crippen molar-refractivity contribution in [3.63, 3.8) is 0 Å². The summed E-state index contributed by atoms with van der Waals surface area (Å²) in [6.45, 7) is 5.56. The molecular weight excluding hydrogens is 330 g/mol. The van der Waals surface area contributed by atoms with Crippen molar-refractivity contribution in [1.82, 2.24) is 4.98 Å². The summed E-state index contributed by atoms with van der Waals surface area (Å²) in [5, 5.41) is 6.15. The van der Waals surface area contributed by atoms with Crippen molar-refractivity contribution in [2.75, 3.05) is 10.6 Å². The fraction of sp³-hybridized carbons (Fsp3) is 0.250. The van der Waals surface area contributed by atoms with Gasteiger partial charge in [0.1, 0.15) is 5.82 Å². The normalized spacial score (nSPS) is 11.8. The van der Waals surface area contributed by atoms with Crippen LogP contribution < -0.4 is 10.6 Å². The Morgan fingerprint density at radius 1 is 1.33 bits per heavy atom. The van der Waals surface area contributed by atoms with E-state index < -0.39 is 0 Å². The van der Waals surface area contributed by atoms with E-state index in [0.29, 0.717) is 0 Å². The van der Waals surface area contributed by atoms with Gasteiger partial charge in [-0.25, -0.2) is 4.98 Å². The van der Waals surface area contributed by atoms with Gasteiger partial charge in [0.05, 0.1) is 10.5 Å². The second kappa shape index (κ2) is 6.72. The first-order valence-corrected chi connectivity index (χ1v) is 7.51. The van der Waals surface area contributed by atoms with E-state index in [2.05, 4.69) is 38.5 Å². The molecule has 1 atom stereocenters. The molecule has 0 aliphatic carbocycles. The van der Waals surface area contributed by atoms with Crippen molar-refractivity contribution in [3.05, 3.63) is 52.1 Å². The van der Waals surface area contributed by atoms with Gasteiger partial charge in [0.15, 0.2) is 0 Å². The van der Waals surface area contributed by atoms with Crippen molar-refractivity contribution in [3.8, 4) is 0 Å². The van der Waals surface area contributed by atoms with E-state index in [1.54, 1.807) is 0 Å². The SMILES string of the molecule is CC(=O)Nc1cccc(C(C)Nc2ncc(C)cc2Br)c1. The van der Waals surface area contributed by atoms with Crippen molar-refractivity contribution in [2.45, 2.75) is 26.8 Å². The number of carbonyl (C=O) groups is 1. The topological polar surface area (TPSA) is 54.0 Å². The third-order valence-corrected chi connectivity index (χ3v) is 3.64. The quantitative estimate of drug-likeness (QED) is 0.867. The van der Waals surface area contributed by atoms with Crippen LogP contribution in [0, 0.1) is 6.92 Å². The first-order valence-electron chi connectivity index (χ1n) is 6.72. The van der Waals surface area contributed by atoms with Gasteiger partial charge in [0.25, 0.3) is 0 Å². The van der Waals surface area contributed by atoms with Crippen molar-refractivity contribution in [2.24, 2.45) is 0 Å². The second-order valence-electron chi connectivity index (χ2n) is 5.02. The summed E-state index contributed by atoms with van der Waals surface area (Å²) in [6.07, 6.45) is 1.83. The molecule has 0 bridgehead atoms. The highest BCUT2D eigenvalue weighted by Crippen LogP contribution is 2.26. The highest BCUT2D eigenvalue weighted by Gasteiger charge is 2.09. The van der Waals surface area contributed by atoms with Crippen molar-refractivity contribution in [1.29, 1.82) is 0 Å². The van der Waals surface area contributed by atoms with Gasteiger partial charge in [-0.3, -0.25) is 4.79 Å². The standard InChI is InChI=1S/C16H18BrN3O/c1-10-7-15(17)16(18-9-10)19-11(2)13-5-4-6-14(8-13)20-12(3)21/h4-9,11H,1-3H3,(H,18,19)(H,20,21). The highest BCUT2D eigenvalue weighted by molar-refractivity contribution is 9.10. The molecule has 0 aliphatic heterocycles. The van der Waals surface area contributed by atoms with Crippen LogP contribution in [-0.2, 0) is 4.79 Å². The fourth-order valence-electron chi connectivity index (χ4n) is 2.02. The lowest BCUT2D eigenvalue weighted by Crippen LogP contribution is -2.10. The molecule has 2 rings (SSSR count). The van der Waals surface area contributed by atoms with E-state index in [4.69, 9.17) is 0 Å². The second-order valence-corrected chi connectivity index (χ2v) is 5.87. The maximum Gasteiger partial charge on any atom is 0.221 e. The largest absolute Gasteiger partial charge is 0.363 e. The number of pyridine rings is 1. The highest BCUT2D eigenvalue weighted by atomic mass is 79.9. The Morgan fingerprint density at radius 2 is 2.10 bits per heavy atom. The summed E-state index contributed by atoms with van der Waals surface area (Å²) in [5.41, 5.74) is 2.98. The molecule has 0 aliphatic rings. The van der Waals surface area contributed by atoms with Crippen LogP contribution >= 0.6 is 15.9 Å². The third kappa shape index (κ3) is 4.29. The predicted octanol–water partition coefficient (Wildman–Crippen LogP) is 4.28. The Hall–Kier alpha value is -1.88. The van der Waals surface area contributed by atoms with E-state index in [1.807, 2.05) is 43.5 Å². The lowest BCUT2D eigenvalue weighted by molar-refractivity contribution is -0.114. The van der Waals surface area contributed by atoms with Gasteiger partial charge in [0.2, 0.25) is 5.91 Å². The molecule has 110 valence electrons. The average Bonchev–Trinajstić information content (AvgIpc) is 2.41. The van der Waals surface area contributed by atoms with Crippen molar-refractivity contribution >= 4 is 33.3 Å². The summed E-state index contributed by atoms with van der Waals surface area (Å²) in [5.74, 6) is 0.730. The number of benzene rings is 1. The predicted molar refractivity (Wildman–Crippen MR) is 89.5 cm³/mol. The van der Waals surface area contributed by atoms with E-state index in [1.165, 1.54) is 6.92 Å². The number of hydrogen-bond acceptors (Lipinski definition) is 3. The van der Waals surface area contributed by atoms with Gasteiger partial charge in [-0.1, -0.05) is 12.1 Å². The Labute approximate surface area is 133 Å². The molecule has 1 unspecified atom stereocenters. The van der Waals surface area contributed by atoms with Crippen LogP contribution in [0.5, 0.6) is 0 Å². The van der Waals surface area contributed by atoms with Gasteiger partial charge >= 0.3 is 0 Å². The Bertz CT molecular complexity index is 658. The lowest BCUT2D eigenvalue weighted by atomic mass is 10.1. The van der Waals surface area contributed by atoms with E-state index in [9.17, 15) is 4.79 Å². The minimum Gasteiger partial charge on any atom is -0.363 e. The molecular formula is C16H18BrN3O. The zero-order chi connectivity index (χ0) is 15.4. The number of aryl methyl sites for hydroxylation is 1. The van der Waals surface area contributed by atoms with Gasteiger partial charge in [0, 0.05) is 18.8 Å². The summed E-state index contributed by atoms with van der Waals surface area (Å²) < 4.78 is 0.937. The Morgan fingerprint density at radius 3 is 2.76 bits per heavy atom. The van der Waals surface area contributed by atoms with Crippen LogP contribution in [0.4, 0.5) is 11.5 Å².